The minimum absolute atomic E-state index is 0.255. The van der Waals surface area contributed by atoms with Gasteiger partial charge >= 0.3 is 0 Å². The number of rotatable bonds is 2. The van der Waals surface area contributed by atoms with Crippen molar-refractivity contribution in [1.29, 1.82) is 0 Å². The van der Waals surface area contributed by atoms with E-state index in [0.29, 0.717) is 11.4 Å². The lowest BCUT2D eigenvalue weighted by atomic mass is 10.2. The van der Waals surface area contributed by atoms with Gasteiger partial charge in [-0.1, -0.05) is 6.07 Å². The first-order chi connectivity index (χ1) is 8.74. The van der Waals surface area contributed by atoms with Gasteiger partial charge in [-0.25, -0.2) is 4.98 Å². The zero-order valence-electron chi connectivity index (χ0n) is 9.69. The first kappa shape index (κ1) is 10.5. The normalized spacial score (nSPS) is 10.7. The van der Waals surface area contributed by atoms with E-state index in [1.807, 2.05) is 19.1 Å². The number of aryl methyl sites for hydroxylation is 1. The van der Waals surface area contributed by atoms with E-state index < -0.39 is 0 Å². The summed E-state index contributed by atoms with van der Waals surface area (Å²) in [4.78, 5) is 19.1. The second kappa shape index (κ2) is 3.99. The van der Waals surface area contributed by atoms with Crippen molar-refractivity contribution >= 4 is 22.6 Å². The van der Waals surface area contributed by atoms with Crippen molar-refractivity contribution in [2.45, 2.75) is 6.92 Å². The maximum Gasteiger partial charge on any atom is 0.276 e. The summed E-state index contributed by atoms with van der Waals surface area (Å²) in [6.07, 6.45) is 1.60. The van der Waals surface area contributed by atoms with Crippen LogP contribution in [0.1, 0.15) is 16.2 Å². The molecule has 0 fully saturated rings. The number of imidazole rings is 1. The van der Waals surface area contributed by atoms with E-state index in [0.717, 1.165) is 16.7 Å². The van der Waals surface area contributed by atoms with Gasteiger partial charge in [-0.3, -0.25) is 9.89 Å². The van der Waals surface area contributed by atoms with Gasteiger partial charge in [0.2, 0.25) is 0 Å². The lowest BCUT2D eigenvalue weighted by molar-refractivity contribution is 0.102. The lowest BCUT2D eigenvalue weighted by Gasteiger charge is -2.03. The van der Waals surface area contributed by atoms with Gasteiger partial charge in [0.05, 0.1) is 17.5 Å². The van der Waals surface area contributed by atoms with Crippen LogP contribution in [0.5, 0.6) is 0 Å². The van der Waals surface area contributed by atoms with E-state index >= 15 is 0 Å². The van der Waals surface area contributed by atoms with Gasteiger partial charge in [0.15, 0.2) is 5.69 Å². The number of benzene rings is 1. The average molecular weight is 241 g/mol. The van der Waals surface area contributed by atoms with Gasteiger partial charge in [0, 0.05) is 5.69 Å². The number of nitrogens with one attached hydrogen (secondary N) is 3. The summed E-state index contributed by atoms with van der Waals surface area (Å²) in [5.41, 5.74) is 3.49. The highest BCUT2D eigenvalue weighted by molar-refractivity contribution is 6.06. The van der Waals surface area contributed by atoms with E-state index in [1.54, 1.807) is 18.5 Å². The van der Waals surface area contributed by atoms with Crippen molar-refractivity contribution in [3.05, 3.63) is 42.0 Å². The third-order valence-corrected chi connectivity index (χ3v) is 2.64. The fourth-order valence-electron chi connectivity index (χ4n) is 1.79. The number of aromatic nitrogens is 4. The molecule has 0 atom stereocenters. The van der Waals surface area contributed by atoms with Crippen LogP contribution in [0.2, 0.25) is 0 Å². The standard InChI is InChI=1S/C12H11N5O/c1-7-5-10(17-16-7)12(18)15-9-4-2-3-8-11(9)14-6-13-8/h2-6H,1H3,(H,13,14)(H,15,18)(H,16,17). The molecular weight excluding hydrogens is 230 g/mol. The molecule has 2 heterocycles. The zero-order valence-corrected chi connectivity index (χ0v) is 9.69. The molecule has 3 rings (SSSR count). The van der Waals surface area contributed by atoms with Crippen molar-refractivity contribution in [3.8, 4) is 0 Å². The van der Waals surface area contributed by atoms with E-state index in [9.17, 15) is 4.79 Å². The van der Waals surface area contributed by atoms with Gasteiger partial charge in [0.1, 0.15) is 5.52 Å². The minimum Gasteiger partial charge on any atom is -0.345 e. The molecule has 18 heavy (non-hydrogen) atoms. The third-order valence-electron chi connectivity index (χ3n) is 2.64. The number of nitrogens with zero attached hydrogens (tertiary/aromatic N) is 2. The zero-order chi connectivity index (χ0) is 12.5. The van der Waals surface area contributed by atoms with Crippen molar-refractivity contribution in [2.24, 2.45) is 0 Å². The van der Waals surface area contributed by atoms with Crippen LogP contribution in [0.25, 0.3) is 11.0 Å². The second-order valence-electron chi connectivity index (χ2n) is 3.99. The Balaban J connectivity index is 1.92. The molecule has 0 saturated heterocycles. The van der Waals surface area contributed by atoms with Crippen LogP contribution in [0.15, 0.2) is 30.6 Å². The number of hydrogen-bond donors (Lipinski definition) is 3. The molecule has 0 aliphatic carbocycles. The van der Waals surface area contributed by atoms with Gasteiger partial charge in [-0.15, -0.1) is 0 Å². The Hall–Kier alpha value is -2.63. The largest absolute Gasteiger partial charge is 0.345 e. The highest BCUT2D eigenvalue weighted by Gasteiger charge is 2.11. The predicted octanol–water partition coefficient (Wildman–Crippen LogP) is 1.85. The van der Waals surface area contributed by atoms with Crippen LogP contribution in [0, 0.1) is 6.92 Å². The molecule has 0 bridgehead atoms. The van der Waals surface area contributed by atoms with Crippen LogP contribution >= 0.6 is 0 Å². The van der Waals surface area contributed by atoms with Crippen LogP contribution in [0.4, 0.5) is 5.69 Å². The number of amides is 1. The third kappa shape index (κ3) is 1.73. The molecule has 0 spiro atoms. The molecule has 0 saturated carbocycles. The Morgan fingerprint density at radius 2 is 2.28 bits per heavy atom. The number of para-hydroxylation sites is 1. The number of hydrogen-bond acceptors (Lipinski definition) is 3. The van der Waals surface area contributed by atoms with Gasteiger partial charge < -0.3 is 10.3 Å². The highest BCUT2D eigenvalue weighted by atomic mass is 16.1. The fraction of sp³-hybridized carbons (Fsp3) is 0.0833. The molecule has 1 amide bonds. The van der Waals surface area contributed by atoms with E-state index in [1.165, 1.54) is 0 Å². The number of carbonyl (C=O) groups is 1. The van der Waals surface area contributed by atoms with E-state index in [-0.39, 0.29) is 5.91 Å². The Labute approximate surface area is 102 Å². The Kier molecular flexibility index (Phi) is 2.33. The quantitative estimate of drug-likeness (QED) is 0.639. The molecule has 3 N–H and O–H groups in total. The van der Waals surface area contributed by atoms with Gasteiger partial charge in [-0.05, 0) is 25.1 Å². The second-order valence-corrected chi connectivity index (χ2v) is 3.99. The van der Waals surface area contributed by atoms with Crippen LogP contribution < -0.4 is 5.32 Å². The predicted molar refractivity (Wildman–Crippen MR) is 67.4 cm³/mol. The molecule has 1 aromatic carbocycles. The summed E-state index contributed by atoms with van der Waals surface area (Å²) in [5.74, 6) is -0.255. The van der Waals surface area contributed by atoms with Crippen molar-refractivity contribution < 1.29 is 4.79 Å². The van der Waals surface area contributed by atoms with Crippen molar-refractivity contribution in [2.75, 3.05) is 5.32 Å². The summed E-state index contributed by atoms with van der Waals surface area (Å²) < 4.78 is 0. The number of H-pyrrole nitrogens is 2. The van der Waals surface area contributed by atoms with Crippen LogP contribution in [0.3, 0.4) is 0 Å². The number of carbonyl (C=O) groups excluding carboxylic acids is 1. The fourth-order valence-corrected chi connectivity index (χ4v) is 1.79. The summed E-state index contributed by atoms with van der Waals surface area (Å²) in [6.45, 7) is 1.85. The molecular formula is C12H11N5O. The first-order valence-corrected chi connectivity index (χ1v) is 5.49. The topological polar surface area (TPSA) is 86.5 Å². The molecule has 2 aromatic heterocycles. The van der Waals surface area contributed by atoms with Gasteiger partial charge in [0.25, 0.3) is 5.91 Å². The Morgan fingerprint density at radius 3 is 3.06 bits per heavy atom. The molecule has 90 valence electrons. The molecule has 0 unspecified atom stereocenters. The Bertz CT molecular complexity index is 712. The molecule has 6 nitrogen and oxygen atoms in total. The number of fused-ring (bicyclic) bond motifs is 1. The molecule has 0 aliphatic heterocycles. The summed E-state index contributed by atoms with van der Waals surface area (Å²) in [7, 11) is 0. The van der Waals surface area contributed by atoms with E-state index in [4.69, 9.17) is 0 Å². The first-order valence-electron chi connectivity index (χ1n) is 5.49. The maximum absolute atomic E-state index is 12.0. The lowest BCUT2D eigenvalue weighted by Crippen LogP contribution is -2.12. The summed E-state index contributed by atoms with van der Waals surface area (Å²) >= 11 is 0. The SMILES string of the molecule is Cc1cc(C(=O)Nc2cccc3[nH]cnc23)n[nH]1. The van der Waals surface area contributed by atoms with E-state index in [2.05, 4.69) is 25.5 Å². The van der Waals surface area contributed by atoms with Crippen LogP contribution in [-0.4, -0.2) is 26.1 Å². The van der Waals surface area contributed by atoms with Crippen molar-refractivity contribution in [1.82, 2.24) is 20.2 Å². The van der Waals surface area contributed by atoms with Crippen molar-refractivity contribution in [3.63, 3.8) is 0 Å². The molecule has 6 heteroatoms. The molecule has 0 aliphatic rings. The summed E-state index contributed by atoms with van der Waals surface area (Å²) in [6, 6.07) is 7.25. The molecule has 0 radical (unpaired) electrons. The summed E-state index contributed by atoms with van der Waals surface area (Å²) in [5, 5.41) is 9.45. The monoisotopic (exact) mass is 241 g/mol. The maximum atomic E-state index is 12.0. The highest BCUT2D eigenvalue weighted by Crippen LogP contribution is 2.20. The average Bonchev–Trinajstić information content (AvgIpc) is 2.97. The smallest absolute Gasteiger partial charge is 0.276 e. The van der Waals surface area contributed by atoms with Crippen LogP contribution in [-0.2, 0) is 0 Å². The van der Waals surface area contributed by atoms with Gasteiger partial charge in [-0.2, -0.15) is 5.10 Å². The number of anilines is 1. The number of aromatic amines is 2. The minimum atomic E-state index is -0.255. The molecule has 3 aromatic rings. The Morgan fingerprint density at radius 1 is 1.39 bits per heavy atom.